The summed E-state index contributed by atoms with van der Waals surface area (Å²) in [7, 11) is 0. The molecular formula is C14H13N3OS. The van der Waals surface area contributed by atoms with E-state index in [9.17, 15) is 0 Å². The second-order valence-corrected chi connectivity index (χ2v) is 5.00. The molecular weight excluding hydrogens is 258 g/mol. The molecule has 0 spiro atoms. The van der Waals surface area contributed by atoms with Crippen LogP contribution >= 0.6 is 11.3 Å². The fourth-order valence-corrected chi connectivity index (χ4v) is 2.92. The van der Waals surface area contributed by atoms with Gasteiger partial charge in [-0.3, -0.25) is 0 Å². The molecule has 0 aliphatic rings. The van der Waals surface area contributed by atoms with Gasteiger partial charge in [-0.1, -0.05) is 18.2 Å². The lowest BCUT2D eigenvalue weighted by Gasteiger charge is -2.04. The molecule has 1 aromatic carbocycles. The summed E-state index contributed by atoms with van der Waals surface area (Å²) >= 11 is 1.71. The van der Waals surface area contributed by atoms with Gasteiger partial charge in [-0.2, -0.15) is 0 Å². The largest absolute Gasteiger partial charge is 0.395 e. The maximum atomic E-state index is 8.82. The van der Waals surface area contributed by atoms with Crippen molar-refractivity contribution < 1.29 is 5.11 Å². The maximum Gasteiger partial charge on any atom is 0.130 e. The van der Waals surface area contributed by atoms with Gasteiger partial charge in [0.05, 0.1) is 12.3 Å². The van der Waals surface area contributed by atoms with Crippen molar-refractivity contribution in [3.8, 4) is 11.3 Å². The number of rotatable bonds is 4. The number of anilines is 1. The molecule has 3 aromatic rings. The number of thiophene rings is 1. The molecule has 2 aromatic heterocycles. The van der Waals surface area contributed by atoms with Gasteiger partial charge >= 0.3 is 0 Å². The van der Waals surface area contributed by atoms with Crippen LogP contribution in [0.5, 0.6) is 0 Å². The molecule has 0 aliphatic carbocycles. The molecule has 0 bridgehead atoms. The van der Waals surface area contributed by atoms with Gasteiger partial charge in [0.15, 0.2) is 0 Å². The van der Waals surface area contributed by atoms with Crippen LogP contribution in [0.3, 0.4) is 0 Å². The summed E-state index contributed by atoms with van der Waals surface area (Å²) < 4.78 is 1.25. The number of hydrogen-bond acceptors (Lipinski definition) is 5. The fourth-order valence-electron chi connectivity index (χ4n) is 1.96. The smallest absolute Gasteiger partial charge is 0.130 e. The Morgan fingerprint density at radius 3 is 3.00 bits per heavy atom. The van der Waals surface area contributed by atoms with E-state index in [-0.39, 0.29) is 6.61 Å². The lowest BCUT2D eigenvalue weighted by atomic mass is 10.1. The molecule has 5 heteroatoms. The highest BCUT2D eigenvalue weighted by Gasteiger charge is 2.08. The highest BCUT2D eigenvalue weighted by molar-refractivity contribution is 7.17. The van der Waals surface area contributed by atoms with E-state index in [2.05, 4.69) is 32.8 Å². The molecule has 96 valence electrons. The second-order valence-electron chi connectivity index (χ2n) is 4.08. The number of aliphatic hydroxyl groups is 1. The molecule has 0 atom stereocenters. The zero-order valence-electron chi connectivity index (χ0n) is 10.2. The average molecular weight is 271 g/mol. The molecule has 2 N–H and O–H groups in total. The summed E-state index contributed by atoms with van der Waals surface area (Å²) in [5, 5.41) is 15.2. The van der Waals surface area contributed by atoms with Gasteiger partial charge in [0.2, 0.25) is 0 Å². The Bertz CT molecular complexity index is 696. The van der Waals surface area contributed by atoms with Crippen molar-refractivity contribution in [2.75, 3.05) is 18.5 Å². The maximum absolute atomic E-state index is 8.82. The molecule has 0 aliphatic heterocycles. The SMILES string of the molecule is OCCNc1cc(-c2csc3ccccc23)ncn1. The van der Waals surface area contributed by atoms with Gasteiger partial charge in [0.25, 0.3) is 0 Å². The Labute approximate surface area is 114 Å². The summed E-state index contributed by atoms with van der Waals surface area (Å²) in [6.45, 7) is 0.571. The molecule has 0 radical (unpaired) electrons. The van der Waals surface area contributed by atoms with Crippen LogP contribution < -0.4 is 5.32 Å². The Morgan fingerprint density at radius 2 is 2.11 bits per heavy atom. The minimum atomic E-state index is 0.0840. The van der Waals surface area contributed by atoms with Gasteiger partial charge in [-0.25, -0.2) is 9.97 Å². The van der Waals surface area contributed by atoms with Crippen LogP contribution in [0.4, 0.5) is 5.82 Å². The van der Waals surface area contributed by atoms with Gasteiger partial charge in [0.1, 0.15) is 12.1 Å². The minimum absolute atomic E-state index is 0.0840. The average Bonchev–Trinajstić information content (AvgIpc) is 2.89. The first kappa shape index (κ1) is 12.1. The van der Waals surface area contributed by atoms with Crippen LogP contribution in [0.25, 0.3) is 21.3 Å². The van der Waals surface area contributed by atoms with Crippen molar-refractivity contribution >= 4 is 27.2 Å². The third-order valence-corrected chi connectivity index (χ3v) is 3.81. The predicted octanol–water partition coefficient (Wildman–Crippen LogP) is 2.76. The highest BCUT2D eigenvalue weighted by Crippen LogP contribution is 2.33. The summed E-state index contributed by atoms with van der Waals surface area (Å²) in [4.78, 5) is 8.47. The summed E-state index contributed by atoms with van der Waals surface area (Å²) in [6.07, 6.45) is 1.54. The van der Waals surface area contributed by atoms with E-state index in [0.29, 0.717) is 6.54 Å². The Kier molecular flexibility index (Phi) is 3.39. The van der Waals surface area contributed by atoms with Gasteiger partial charge in [-0.15, -0.1) is 11.3 Å². The van der Waals surface area contributed by atoms with Gasteiger partial charge in [0, 0.05) is 33.6 Å². The van der Waals surface area contributed by atoms with E-state index < -0.39 is 0 Å². The van der Waals surface area contributed by atoms with Crippen LogP contribution in [-0.2, 0) is 0 Å². The summed E-state index contributed by atoms with van der Waals surface area (Å²) in [6, 6.07) is 10.2. The molecule has 0 amide bonds. The molecule has 3 rings (SSSR count). The topological polar surface area (TPSA) is 58.0 Å². The van der Waals surface area contributed by atoms with Crippen LogP contribution in [0, 0.1) is 0 Å². The Balaban J connectivity index is 2.01. The number of benzene rings is 1. The first-order valence-corrected chi connectivity index (χ1v) is 6.90. The molecule has 0 saturated heterocycles. The normalized spacial score (nSPS) is 10.8. The fraction of sp³-hybridized carbons (Fsp3) is 0.143. The third kappa shape index (κ3) is 2.43. The van der Waals surface area contributed by atoms with Crippen LogP contribution in [0.15, 0.2) is 42.0 Å². The van der Waals surface area contributed by atoms with Crippen LogP contribution in [0.2, 0.25) is 0 Å². The highest BCUT2D eigenvalue weighted by atomic mass is 32.1. The standard InChI is InChI=1S/C14H13N3OS/c18-6-5-15-14-7-12(16-9-17-14)11-8-19-13-4-2-1-3-10(11)13/h1-4,7-9,18H,5-6H2,(H,15,16,17). The van der Waals surface area contributed by atoms with Crippen molar-refractivity contribution in [2.45, 2.75) is 0 Å². The number of nitrogens with one attached hydrogen (secondary N) is 1. The van der Waals surface area contributed by atoms with Crippen molar-refractivity contribution in [1.82, 2.24) is 9.97 Å². The van der Waals surface area contributed by atoms with E-state index in [1.54, 1.807) is 17.7 Å². The number of aromatic nitrogens is 2. The molecule has 0 unspecified atom stereocenters. The monoisotopic (exact) mass is 271 g/mol. The van der Waals surface area contributed by atoms with E-state index in [1.807, 2.05) is 18.2 Å². The lowest BCUT2D eigenvalue weighted by molar-refractivity contribution is 0.311. The number of fused-ring (bicyclic) bond motifs is 1. The number of hydrogen-bond donors (Lipinski definition) is 2. The molecule has 0 fully saturated rings. The first-order chi connectivity index (χ1) is 9.38. The predicted molar refractivity (Wildman–Crippen MR) is 78.4 cm³/mol. The Hall–Kier alpha value is -1.98. The van der Waals surface area contributed by atoms with Gasteiger partial charge < -0.3 is 10.4 Å². The number of nitrogens with zero attached hydrogens (tertiary/aromatic N) is 2. The van der Waals surface area contributed by atoms with E-state index in [1.165, 1.54) is 10.1 Å². The number of aliphatic hydroxyl groups excluding tert-OH is 1. The lowest BCUT2D eigenvalue weighted by Crippen LogP contribution is -2.07. The molecule has 19 heavy (non-hydrogen) atoms. The summed E-state index contributed by atoms with van der Waals surface area (Å²) in [5.74, 6) is 0.731. The molecule has 4 nitrogen and oxygen atoms in total. The van der Waals surface area contributed by atoms with Crippen molar-refractivity contribution in [3.63, 3.8) is 0 Å². The Morgan fingerprint density at radius 1 is 1.21 bits per heavy atom. The van der Waals surface area contributed by atoms with E-state index in [0.717, 1.165) is 17.1 Å². The quantitative estimate of drug-likeness (QED) is 0.766. The molecule has 0 saturated carbocycles. The van der Waals surface area contributed by atoms with Gasteiger partial charge in [-0.05, 0) is 6.07 Å². The minimum Gasteiger partial charge on any atom is -0.395 e. The molecule has 2 heterocycles. The van der Waals surface area contributed by atoms with E-state index in [4.69, 9.17) is 5.11 Å². The first-order valence-electron chi connectivity index (χ1n) is 6.02. The van der Waals surface area contributed by atoms with Crippen LogP contribution in [0.1, 0.15) is 0 Å². The van der Waals surface area contributed by atoms with Crippen molar-refractivity contribution in [3.05, 3.63) is 42.0 Å². The van der Waals surface area contributed by atoms with Crippen LogP contribution in [-0.4, -0.2) is 28.2 Å². The third-order valence-electron chi connectivity index (χ3n) is 2.84. The summed E-state index contributed by atoms with van der Waals surface area (Å²) in [5.41, 5.74) is 2.02. The second kappa shape index (κ2) is 5.34. The zero-order chi connectivity index (χ0) is 13.1. The van der Waals surface area contributed by atoms with Crippen molar-refractivity contribution in [2.24, 2.45) is 0 Å². The van der Waals surface area contributed by atoms with Crippen molar-refractivity contribution in [1.29, 1.82) is 0 Å². The van der Waals surface area contributed by atoms with E-state index >= 15 is 0 Å². The zero-order valence-corrected chi connectivity index (χ0v) is 11.0.